The highest BCUT2D eigenvalue weighted by atomic mass is 32.1. The Labute approximate surface area is 104 Å². The highest BCUT2D eigenvalue weighted by Crippen LogP contribution is 2.24. The van der Waals surface area contributed by atoms with E-state index < -0.39 is 5.91 Å². The lowest BCUT2D eigenvalue weighted by molar-refractivity contribution is 0.1000. The van der Waals surface area contributed by atoms with Crippen molar-refractivity contribution < 1.29 is 4.79 Å². The Morgan fingerprint density at radius 2 is 2.06 bits per heavy atom. The Kier molecular flexibility index (Phi) is 3.06. The fourth-order valence-corrected chi connectivity index (χ4v) is 1.98. The van der Waals surface area contributed by atoms with Gasteiger partial charge in [-0.05, 0) is 36.2 Å². The molecule has 86 valence electrons. The predicted molar refractivity (Wildman–Crippen MR) is 70.3 cm³/mol. The molecule has 0 saturated carbocycles. The molecule has 1 aromatic heterocycles. The average molecular weight is 244 g/mol. The van der Waals surface area contributed by atoms with Crippen LogP contribution >= 0.6 is 12.2 Å². The van der Waals surface area contributed by atoms with Gasteiger partial charge in [0.1, 0.15) is 0 Å². The van der Waals surface area contributed by atoms with Gasteiger partial charge < -0.3 is 10.7 Å². The summed E-state index contributed by atoms with van der Waals surface area (Å²) >= 11 is 5.27. The van der Waals surface area contributed by atoms with Crippen molar-refractivity contribution in [3.05, 3.63) is 52.3 Å². The van der Waals surface area contributed by atoms with Crippen molar-refractivity contribution in [3.63, 3.8) is 0 Å². The Balaban J connectivity index is 2.59. The summed E-state index contributed by atoms with van der Waals surface area (Å²) < 4.78 is 0.777. The van der Waals surface area contributed by atoms with Crippen molar-refractivity contribution >= 4 is 18.1 Å². The maximum Gasteiger partial charge on any atom is 0.248 e. The van der Waals surface area contributed by atoms with Crippen molar-refractivity contribution in [2.45, 2.75) is 6.92 Å². The molecule has 3 nitrogen and oxygen atoms in total. The molecular formula is C13H12N2OS. The van der Waals surface area contributed by atoms with Gasteiger partial charge in [-0.25, -0.2) is 0 Å². The molecule has 2 rings (SSSR count). The first-order valence-electron chi connectivity index (χ1n) is 5.17. The molecule has 0 spiro atoms. The van der Waals surface area contributed by atoms with Crippen molar-refractivity contribution in [2.75, 3.05) is 0 Å². The van der Waals surface area contributed by atoms with Crippen LogP contribution in [0.2, 0.25) is 0 Å². The fraction of sp³-hybridized carbons (Fsp3) is 0.0769. The second kappa shape index (κ2) is 4.51. The van der Waals surface area contributed by atoms with Crippen LogP contribution in [0.3, 0.4) is 0 Å². The minimum absolute atomic E-state index is 0.419. The van der Waals surface area contributed by atoms with E-state index in [1.54, 1.807) is 18.3 Å². The number of nitrogens with one attached hydrogen (secondary N) is 1. The van der Waals surface area contributed by atoms with Crippen molar-refractivity contribution in [1.82, 2.24) is 4.98 Å². The van der Waals surface area contributed by atoms with Crippen molar-refractivity contribution in [2.24, 2.45) is 5.73 Å². The summed E-state index contributed by atoms with van der Waals surface area (Å²) in [6.07, 6.45) is 3.65. The largest absolute Gasteiger partial charge is 0.367 e. The number of nitrogens with two attached hydrogens (primary N) is 1. The van der Waals surface area contributed by atoms with Gasteiger partial charge in [0, 0.05) is 28.0 Å². The van der Waals surface area contributed by atoms with E-state index in [0.717, 1.165) is 21.2 Å². The molecule has 0 saturated heterocycles. The normalized spacial score (nSPS) is 10.2. The van der Waals surface area contributed by atoms with Gasteiger partial charge in [0.05, 0.1) is 0 Å². The van der Waals surface area contributed by atoms with Crippen LogP contribution in [0.4, 0.5) is 0 Å². The molecule has 3 N–H and O–H groups in total. The molecule has 0 aliphatic rings. The number of aryl methyl sites for hydroxylation is 1. The van der Waals surface area contributed by atoms with Crippen LogP contribution in [0.25, 0.3) is 11.1 Å². The minimum atomic E-state index is -0.419. The average Bonchev–Trinajstić information content (AvgIpc) is 2.30. The molecule has 1 amide bonds. The molecule has 17 heavy (non-hydrogen) atoms. The van der Waals surface area contributed by atoms with Crippen LogP contribution in [0.15, 0.2) is 36.7 Å². The lowest BCUT2D eigenvalue weighted by Gasteiger charge is -2.07. The quantitative estimate of drug-likeness (QED) is 0.798. The van der Waals surface area contributed by atoms with E-state index >= 15 is 0 Å². The zero-order valence-electron chi connectivity index (χ0n) is 9.36. The third-order valence-electron chi connectivity index (χ3n) is 2.63. The number of hydrogen-bond donors (Lipinski definition) is 2. The Bertz CT molecular complexity index is 631. The van der Waals surface area contributed by atoms with Crippen molar-refractivity contribution in [3.8, 4) is 11.1 Å². The maximum atomic E-state index is 11.1. The summed E-state index contributed by atoms with van der Waals surface area (Å²) in [6, 6.07) is 7.20. The summed E-state index contributed by atoms with van der Waals surface area (Å²) in [5, 5.41) is 0. The zero-order valence-corrected chi connectivity index (χ0v) is 10.2. The van der Waals surface area contributed by atoms with Crippen LogP contribution in [0.5, 0.6) is 0 Å². The third kappa shape index (κ3) is 2.26. The summed E-state index contributed by atoms with van der Waals surface area (Å²) in [6.45, 7) is 1.93. The molecule has 1 heterocycles. The topological polar surface area (TPSA) is 58.9 Å². The Morgan fingerprint density at radius 3 is 2.65 bits per heavy atom. The summed E-state index contributed by atoms with van der Waals surface area (Å²) in [5.74, 6) is -0.419. The minimum Gasteiger partial charge on any atom is -0.367 e. The Morgan fingerprint density at radius 1 is 1.29 bits per heavy atom. The van der Waals surface area contributed by atoms with Crippen LogP contribution in [0, 0.1) is 11.4 Å². The molecule has 2 aromatic rings. The molecule has 0 aliphatic heterocycles. The number of hydrogen-bond acceptors (Lipinski definition) is 2. The van der Waals surface area contributed by atoms with E-state index in [4.69, 9.17) is 18.0 Å². The van der Waals surface area contributed by atoms with Gasteiger partial charge in [-0.15, -0.1) is 0 Å². The van der Waals surface area contributed by atoms with Gasteiger partial charge in [0.25, 0.3) is 0 Å². The first-order valence-corrected chi connectivity index (χ1v) is 5.58. The van der Waals surface area contributed by atoms with E-state index in [0.29, 0.717) is 5.56 Å². The summed E-state index contributed by atoms with van der Waals surface area (Å²) in [4.78, 5) is 14.1. The van der Waals surface area contributed by atoms with E-state index in [1.807, 2.05) is 25.3 Å². The van der Waals surface area contributed by atoms with Crippen LogP contribution < -0.4 is 5.73 Å². The predicted octanol–water partition coefficient (Wildman–Crippen LogP) is 2.82. The molecule has 4 heteroatoms. The van der Waals surface area contributed by atoms with Crippen LogP contribution in [-0.4, -0.2) is 10.9 Å². The lowest BCUT2D eigenvalue weighted by atomic mass is 9.99. The first-order chi connectivity index (χ1) is 8.09. The lowest BCUT2D eigenvalue weighted by Crippen LogP contribution is -2.10. The summed E-state index contributed by atoms with van der Waals surface area (Å²) in [7, 11) is 0. The molecule has 1 aromatic carbocycles. The molecule has 0 aliphatic carbocycles. The van der Waals surface area contributed by atoms with Crippen LogP contribution in [0.1, 0.15) is 15.9 Å². The van der Waals surface area contributed by atoms with E-state index in [2.05, 4.69) is 4.98 Å². The molecule has 0 bridgehead atoms. The molecule has 0 atom stereocenters. The monoisotopic (exact) mass is 244 g/mol. The van der Waals surface area contributed by atoms with E-state index in [1.165, 1.54) is 0 Å². The number of rotatable bonds is 2. The van der Waals surface area contributed by atoms with E-state index in [9.17, 15) is 4.79 Å². The van der Waals surface area contributed by atoms with Gasteiger partial charge in [-0.1, -0.05) is 18.3 Å². The molecule has 0 unspecified atom stereocenters. The SMILES string of the molecule is Cc1cc(C(N)=O)ccc1-c1c[nH]ccc1=S. The molecule has 0 radical (unpaired) electrons. The third-order valence-corrected chi connectivity index (χ3v) is 2.98. The fourth-order valence-electron chi connectivity index (χ4n) is 1.75. The Hall–Kier alpha value is -1.94. The standard InChI is InChI=1S/C13H12N2OS/c1-8-6-9(13(14)16)2-3-10(8)11-7-15-5-4-12(11)17/h2-7H,1H3,(H2,14,16)(H,15,17). The van der Waals surface area contributed by atoms with Crippen LogP contribution in [-0.2, 0) is 0 Å². The maximum absolute atomic E-state index is 11.1. The van der Waals surface area contributed by atoms with Gasteiger partial charge in [-0.2, -0.15) is 0 Å². The number of carbonyl (C=O) groups excluding carboxylic acids is 1. The first kappa shape index (κ1) is 11.5. The highest BCUT2D eigenvalue weighted by molar-refractivity contribution is 7.71. The van der Waals surface area contributed by atoms with E-state index in [-0.39, 0.29) is 0 Å². The number of carbonyl (C=O) groups is 1. The van der Waals surface area contributed by atoms with Gasteiger partial charge in [0.15, 0.2) is 0 Å². The number of H-pyrrole nitrogens is 1. The van der Waals surface area contributed by atoms with Gasteiger partial charge in [0.2, 0.25) is 5.91 Å². The van der Waals surface area contributed by atoms with Gasteiger partial charge in [-0.3, -0.25) is 4.79 Å². The smallest absolute Gasteiger partial charge is 0.248 e. The number of pyridine rings is 1. The zero-order chi connectivity index (χ0) is 12.4. The summed E-state index contributed by atoms with van der Waals surface area (Å²) in [5.41, 5.74) is 8.69. The number of aromatic amines is 1. The highest BCUT2D eigenvalue weighted by Gasteiger charge is 2.06. The number of benzene rings is 1. The second-order valence-corrected chi connectivity index (χ2v) is 4.26. The molecule has 0 fully saturated rings. The second-order valence-electron chi connectivity index (χ2n) is 3.82. The number of amides is 1. The molecular weight excluding hydrogens is 232 g/mol. The number of primary amides is 1. The van der Waals surface area contributed by atoms with Gasteiger partial charge >= 0.3 is 0 Å². The number of aromatic nitrogens is 1. The van der Waals surface area contributed by atoms with Crippen molar-refractivity contribution in [1.29, 1.82) is 0 Å².